The zero-order chi connectivity index (χ0) is 13.8. The van der Waals surface area contributed by atoms with Gasteiger partial charge in [0.2, 0.25) is 0 Å². The van der Waals surface area contributed by atoms with E-state index in [1.165, 1.54) is 13.2 Å². The molecule has 1 aromatic rings. The van der Waals surface area contributed by atoms with Gasteiger partial charge in [0.15, 0.2) is 0 Å². The average Bonchev–Trinajstić information content (AvgIpc) is 2.86. The third-order valence-electron chi connectivity index (χ3n) is 3.32. The van der Waals surface area contributed by atoms with Gasteiger partial charge in [0.1, 0.15) is 11.9 Å². The van der Waals surface area contributed by atoms with Crippen molar-refractivity contribution in [2.45, 2.75) is 19.4 Å². The lowest BCUT2D eigenvalue weighted by atomic mass is 9.99. The van der Waals surface area contributed by atoms with E-state index in [0.717, 1.165) is 23.3 Å². The van der Waals surface area contributed by atoms with Crippen molar-refractivity contribution in [2.24, 2.45) is 5.92 Å². The number of hydrogen-bond donors (Lipinski definition) is 1. The van der Waals surface area contributed by atoms with Gasteiger partial charge in [0.05, 0.1) is 7.11 Å². The maximum atomic E-state index is 11.0. The topological polar surface area (TPSA) is 55.8 Å². The van der Waals surface area contributed by atoms with Crippen LogP contribution in [-0.2, 0) is 16.0 Å². The molecule has 0 aliphatic carbocycles. The van der Waals surface area contributed by atoms with E-state index >= 15 is 0 Å². The number of methoxy groups -OCH3 is 1. The summed E-state index contributed by atoms with van der Waals surface area (Å²) in [6, 6.07) is 5.79. The highest BCUT2D eigenvalue weighted by Gasteiger charge is 2.27. The van der Waals surface area contributed by atoms with Gasteiger partial charge in [-0.1, -0.05) is 13.0 Å². The van der Waals surface area contributed by atoms with Gasteiger partial charge in [-0.25, -0.2) is 4.79 Å². The number of hydrogen-bond acceptors (Lipinski definition) is 4. The minimum absolute atomic E-state index is 0.0276. The number of carbonyl (C=O) groups excluding carboxylic acids is 1. The Hall–Kier alpha value is -1.81. The molecule has 4 heteroatoms. The Morgan fingerprint density at radius 1 is 1.63 bits per heavy atom. The fourth-order valence-corrected chi connectivity index (χ4v) is 2.07. The minimum Gasteiger partial charge on any atom is -0.489 e. The van der Waals surface area contributed by atoms with Crippen molar-refractivity contribution < 1.29 is 19.4 Å². The molecule has 2 atom stereocenters. The van der Waals surface area contributed by atoms with Crippen LogP contribution in [0, 0.1) is 5.92 Å². The Morgan fingerprint density at radius 3 is 3.11 bits per heavy atom. The number of esters is 1. The monoisotopic (exact) mass is 262 g/mol. The lowest BCUT2D eigenvalue weighted by Gasteiger charge is -2.16. The third-order valence-corrected chi connectivity index (χ3v) is 3.32. The van der Waals surface area contributed by atoms with Gasteiger partial charge in [-0.2, -0.15) is 0 Å². The zero-order valence-corrected chi connectivity index (χ0v) is 11.1. The van der Waals surface area contributed by atoms with Crippen molar-refractivity contribution in [2.75, 3.05) is 13.7 Å². The zero-order valence-electron chi connectivity index (χ0n) is 11.1. The molecule has 0 saturated carbocycles. The molecule has 1 aliphatic rings. The van der Waals surface area contributed by atoms with Crippen LogP contribution in [0.4, 0.5) is 0 Å². The molecule has 19 heavy (non-hydrogen) atoms. The summed E-state index contributed by atoms with van der Waals surface area (Å²) in [6.07, 6.45) is 3.93. The molecule has 0 radical (unpaired) electrons. The summed E-state index contributed by atoms with van der Waals surface area (Å²) in [5.74, 6) is 0.602. The number of aliphatic hydroxyl groups is 1. The number of ether oxygens (including phenoxy) is 2. The van der Waals surface area contributed by atoms with Crippen LogP contribution in [-0.4, -0.2) is 30.9 Å². The van der Waals surface area contributed by atoms with Crippen LogP contribution in [0.1, 0.15) is 18.1 Å². The van der Waals surface area contributed by atoms with Gasteiger partial charge in [0.25, 0.3) is 0 Å². The molecule has 0 spiro atoms. The van der Waals surface area contributed by atoms with Crippen LogP contribution < -0.4 is 4.74 Å². The number of aliphatic hydroxyl groups excluding tert-OH is 1. The first-order chi connectivity index (χ1) is 9.13. The van der Waals surface area contributed by atoms with Crippen LogP contribution in [0.25, 0.3) is 6.08 Å². The van der Waals surface area contributed by atoms with Gasteiger partial charge in [-0.3, -0.25) is 0 Å². The molecule has 2 rings (SSSR count). The van der Waals surface area contributed by atoms with Crippen molar-refractivity contribution in [3.63, 3.8) is 0 Å². The minimum atomic E-state index is -0.372. The SMILES string of the molecule is COC(=O)C=Cc1ccc2c(c1)C[C@@H]([C@@H](C)CO)O2. The maximum Gasteiger partial charge on any atom is 0.330 e. The first-order valence-corrected chi connectivity index (χ1v) is 6.30. The molecule has 0 unspecified atom stereocenters. The van der Waals surface area contributed by atoms with E-state index in [9.17, 15) is 4.79 Å². The second kappa shape index (κ2) is 5.89. The van der Waals surface area contributed by atoms with E-state index in [2.05, 4.69) is 4.74 Å². The summed E-state index contributed by atoms with van der Waals surface area (Å²) in [5, 5.41) is 9.16. The van der Waals surface area contributed by atoms with Crippen LogP contribution >= 0.6 is 0 Å². The van der Waals surface area contributed by atoms with Crippen LogP contribution in [0.5, 0.6) is 5.75 Å². The molecule has 1 N–H and O–H groups in total. The fraction of sp³-hybridized carbons (Fsp3) is 0.400. The fourth-order valence-electron chi connectivity index (χ4n) is 2.07. The molecule has 0 fully saturated rings. The molecular formula is C15H18O4. The van der Waals surface area contributed by atoms with Crippen molar-refractivity contribution in [3.8, 4) is 5.75 Å². The summed E-state index contributed by atoms with van der Waals surface area (Å²) in [5.41, 5.74) is 2.04. The normalized spacial score (nSPS) is 19.0. The Kier molecular flexibility index (Phi) is 4.22. The third kappa shape index (κ3) is 3.15. The highest BCUT2D eigenvalue weighted by Crippen LogP contribution is 2.32. The highest BCUT2D eigenvalue weighted by molar-refractivity contribution is 5.87. The number of benzene rings is 1. The molecule has 1 heterocycles. The van der Waals surface area contributed by atoms with E-state index in [1.54, 1.807) is 6.08 Å². The Labute approximate surface area is 112 Å². The van der Waals surface area contributed by atoms with Crippen LogP contribution in [0.3, 0.4) is 0 Å². The molecule has 102 valence electrons. The van der Waals surface area contributed by atoms with E-state index in [1.807, 2.05) is 25.1 Å². The van der Waals surface area contributed by atoms with Gasteiger partial charge in [0, 0.05) is 25.0 Å². The molecular weight excluding hydrogens is 244 g/mol. The van der Waals surface area contributed by atoms with E-state index in [4.69, 9.17) is 9.84 Å². The first kappa shape index (κ1) is 13.6. The Morgan fingerprint density at radius 2 is 2.42 bits per heavy atom. The summed E-state index contributed by atoms with van der Waals surface area (Å²) in [6.45, 7) is 2.09. The quantitative estimate of drug-likeness (QED) is 0.664. The smallest absolute Gasteiger partial charge is 0.330 e. The number of rotatable bonds is 4. The largest absolute Gasteiger partial charge is 0.489 e. The molecule has 1 aliphatic heterocycles. The molecule has 4 nitrogen and oxygen atoms in total. The molecule has 0 aromatic heterocycles. The van der Waals surface area contributed by atoms with E-state index in [-0.39, 0.29) is 24.6 Å². The average molecular weight is 262 g/mol. The Bertz CT molecular complexity index is 493. The van der Waals surface area contributed by atoms with Crippen LogP contribution in [0.2, 0.25) is 0 Å². The van der Waals surface area contributed by atoms with Crippen molar-refractivity contribution >= 4 is 12.0 Å². The molecule has 0 amide bonds. The summed E-state index contributed by atoms with van der Waals surface area (Å²) >= 11 is 0. The van der Waals surface area contributed by atoms with Crippen molar-refractivity contribution in [1.82, 2.24) is 0 Å². The maximum absolute atomic E-state index is 11.0. The van der Waals surface area contributed by atoms with Crippen LogP contribution in [0.15, 0.2) is 24.3 Å². The lowest BCUT2D eigenvalue weighted by Crippen LogP contribution is -2.25. The first-order valence-electron chi connectivity index (χ1n) is 6.30. The lowest BCUT2D eigenvalue weighted by molar-refractivity contribution is -0.134. The molecule has 1 aromatic carbocycles. The van der Waals surface area contributed by atoms with Gasteiger partial charge >= 0.3 is 5.97 Å². The predicted molar refractivity (Wildman–Crippen MR) is 71.9 cm³/mol. The number of carbonyl (C=O) groups is 1. The predicted octanol–water partition coefficient (Wildman–Crippen LogP) is 1.80. The molecule has 0 saturated heterocycles. The Balaban J connectivity index is 2.11. The highest BCUT2D eigenvalue weighted by atomic mass is 16.5. The van der Waals surface area contributed by atoms with Gasteiger partial charge < -0.3 is 14.6 Å². The van der Waals surface area contributed by atoms with Crippen molar-refractivity contribution in [1.29, 1.82) is 0 Å². The van der Waals surface area contributed by atoms with Gasteiger partial charge in [-0.05, 0) is 29.3 Å². The summed E-state index contributed by atoms with van der Waals surface area (Å²) in [7, 11) is 1.35. The summed E-state index contributed by atoms with van der Waals surface area (Å²) < 4.78 is 10.3. The van der Waals surface area contributed by atoms with Crippen molar-refractivity contribution in [3.05, 3.63) is 35.4 Å². The second-order valence-electron chi connectivity index (χ2n) is 4.74. The van der Waals surface area contributed by atoms with E-state index < -0.39 is 0 Å². The van der Waals surface area contributed by atoms with Gasteiger partial charge in [-0.15, -0.1) is 0 Å². The standard InChI is InChI=1S/C15H18O4/c1-10(9-16)14-8-12-7-11(3-5-13(12)19-14)4-6-15(17)18-2/h3-7,10,14,16H,8-9H2,1-2H3/t10-,14-/m0/s1. The summed E-state index contributed by atoms with van der Waals surface area (Å²) in [4.78, 5) is 11.0. The van der Waals surface area contributed by atoms with E-state index in [0.29, 0.717) is 0 Å². The second-order valence-corrected chi connectivity index (χ2v) is 4.74. The number of fused-ring (bicyclic) bond motifs is 1. The molecule has 0 bridgehead atoms.